The van der Waals surface area contributed by atoms with Gasteiger partial charge < -0.3 is 15.2 Å². The van der Waals surface area contributed by atoms with Gasteiger partial charge in [-0.3, -0.25) is 4.79 Å². The van der Waals surface area contributed by atoms with Gasteiger partial charge in [-0.15, -0.1) is 0 Å². The lowest BCUT2D eigenvalue weighted by molar-refractivity contribution is -0.140. The van der Waals surface area contributed by atoms with E-state index in [9.17, 15) is 14.7 Å². The number of carbonyl (C=O) groups excluding carboxylic acids is 1. The van der Waals surface area contributed by atoms with Crippen molar-refractivity contribution in [2.24, 2.45) is 5.92 Å². The Labute approximate surface area is 154 Å². The van der Waals surface area contributed by atoms with E-state index in [1.165, 1.54) is 19.3 Å². The average Bonchev–Trinajstić information content (AvgIpc) is 3.27. The minimum atomic E-state index is -0.795. The van der Waals surface area contributed by atoms with Crippen LogP contribution in [0.5, 0.6) is 0 Å². The van der Waals surface area contributed by atoms with Crippen molar-refractivity contribution in [1.82, 2.24) is 5.32 Å². The number of hydrogen-bond acceptors (Lipinski definition) is 3. The summed E-state index contributed by atoms with van der Waals surface area (Å²) in [5.74, 6) is -0.330. The standard InChI is InChI=1S/C18H22ClNO4Si/c19-14-8-4-7-13(9-14)11-24-17(23)20-15-18(25-15,16(21)22)10-12-5-2-1-3-6-12/h4,7-9,12,15H,1-3,5-6,10-11H2,(H,20,23)(H,21,22)/t15?,18-/m1/s1. The lowest BCUT2D eigenvalue weighted by Crippen LogP contribution is -2.31. The van der Waals surface area contributed by atoms with E-state index < -0.39 is 17.1 Å². The van der Waals surface area contributed by atoms with E-state index in [4.69, 9.17) is 16.3 Å². The smallest absolute Gasteiger partial charge is 0.407 e. The van der Waals surface area contributed by atoms with Crippen molar-refractivity contribution >= 4 is 33.2 Å². The molecule has 1 saturated heterocycles. The Kier molecular flexibility index (Phi) is 5.69. The van der Waals surface area contributed by atoms with Gasteiger partial charge in [0.05, 0.1) is 14.6 Å². The number of nitrogens with one attached hydrogen (secondary N) is 1. The van der Waals surface area contributed by atoms with Gasteiger partial charge in [0.15, 0.2) is 0 Å². The van der Waals surface area contributed by atoms with Gasteiger partial charge in [0.2, 0.25) is 0 Å². The van der Waals surface area contributed by atoms with Gasteiger partial charge in [-0.1, -0.05) is 55.8 Å². The van der Waals surface area contributed by atoms with E-state index in [-0.39, 0.29) is 21.8 Å². The number of halogens is 1. The van der Waals surface area contributed by atoms with E-state index in [0.29, 0.717) is 17.4 Å². The van der Waals surface area contributed by atoms with Crippen LogP contribution in [0.25, 0.3) is 0 Å². The second kappa shape index (κ2) is 7.79. The van der Waals surface area contributed by atoms with Crippen LogP contribution in [0.4, 0.5) is 4.79 Å². The summed E-state index contributed by atoms with van der Waals surface area (Å²) in [6.07, 6.45) is 5.92. The molecular formula is C18H22ClNO4Si. The fourth-order valence-electron chi connectivity index (χ4n) is 3.61. The first kappa shape index (κ1) is 18.3. The number of carboxylic acids is 1. The number of aliphatic carboxylic acids is 1. The van der Waals surface area contributed by atoms with Crippen LogP contribution in [0.1, 0.15) is 44.1 Å². The lowest BCUT2D eigenvalue weighted by atomic mass is 9.82. The molecule has 1 aliphatic carbocycles. The number of benzene rings is 1. The minimum Gasteiger partial charge on any atom is -0.481 e. The summed E-state index contributed by atoms with van der Waals surface area (Å²) in [6, 6.07) is 7.10. The maximum absolute atomic E-state index is 12.0. The number of rotatable bonds is 6. The molecular weight excluding hydrogens is 358 g/mol. The first-order valence-electron chi connectivity index (χ1n) is 8.68. The van der Waals surface area contributed by atoms with Crippen molar-refractivity contribution in [2.75, 3.05) is 0 Å². The van der Waals surface area contributed by atoms with Crippen LogP contribution in [0.15, 0.2) is 24.3 Å². The molecule has 2 atom stereocenters. The molecule has 1 amide bonds. The summed E-state index contributed by atoms with van der Waals surface area (Å²) in [5, 5.41) is 12.2. The Bertz CT molecular complexity index is 650. The van der Waals surface area contributed by atoms with Gasteiger partial charge in [-0.25, -0.2) is 4.79 Å². The van der Waals surface area contributed by atoms with Gasteiger partial charge in [0.1, 0.15) is 6.61 Å². The molecule has 1 aromatic rings. The predicted molar refractivity (Wildman–Crippen MR) is 95.8 cm³/mol. The van der Waals surface area contributed by atoms with Crippen LogP contribution < -0.4 is 5.32 Å². The quantitative estimate of drug-likeness (QED) is 0.736. The Balaban J connectivity index is 1.50. The zero-order chi connectivity index (χ0) is 17.9. The molecule has 1 aliphatic heterocycles. The van der Waals surface area contributed by atoms with Gasteiger partial charge in [0.25, 0.3) is 0 Å². The first-order valence-corrected chi connectivity index (χ1v) is 10.1. The molecule has 2 N–H and O–H groups in total. The van der Waals surface area contributed by atoms with Crippen molar-refractivity contribution in [3.63, 3.8) is 0 Å². The topological polar surface area (TPSA) is 75.6 Å². The molecule has 0 spiro atoms. The van der Waals surface area contributed by atoms with Gasteiger partial charge in [0, 0.05) is 10.7 Å². The largest absolute Gasteiger partial charge is 0.481 e. The average molecular weight is 380 g/mol. The molecule has 0 aromatic heterocycles. The van der Waals surface area contributed by atoms with Crippen LogP contribution in [-0.4, -0.2) is 32.4 Å². The van der Waals surface area contributed by atoms with Crippen LogP contribution in [0, 0.1) is 5.92 Å². The molecule has 7 heteroatoms. The molecule has 1 aromatic carbocycles. The van der Waals surface area contributed by atoms with Crippen molar-refractivity contribution in [3.8, 4) is 0 Å². The fourth-order valence-corrected chi connectivity index (χ4v) is 5.28. The van der Waals surface area contributed by atoms with Gasteiger partial charge >= 0.3 is 12.1 Å². The lowest BCUT2D eigenvalue weighted by Gasteiger charge is -2.25. The Morgan fingerprint density at radius 2 is 2.08 bits per heavy atom. The maximum Gasteiger partial charge on any atom is 0.407 e. The van der Waals surface area contributed by atoms with Crippen LogP contribution in [0.2, 0.25) is 10.1 Å². The first-order chi connectivity index (χ1) is 12.0. The van der Waals surface area contributed by atoms with E-state index in [1.54, 1.807) is 18.2 Å². The number of hydrogen-bond donors (Lipinski definition) is 2. The highest BCUT2D eigenvalue weighted by atomic mass is 35.5. The van der Waals surface area contributed by atoms with Crippen molar-refractivity contribution in [2.45, 2.75) is 55.8 Å². The minimum absolute atomic E-state index is 0.116. The molecule has 2 radical (unpaired) electrons. The third-order valence-electron chi connectivity index (χ3n) is 5.05. The third kappa shape index (κ3) is 4.55. The zero-order valence-corrected chi connectivity index (χ0v) is 15.7. The van der Waals surface area contributed by atoms with Crippen molar-refractivity contribution in [1.29, 1.82) is 0 Å². The molecule has 0 bridgehead atoms. The van der Waals surface area contributed by atoms with Gasteiger partial charge in [-0.05, 0) is 30.0 Å². The number of amides is 1. The Hall–Kier alpha value is -1.53. The van der Waals surface area contributed by atoms with Crippen molar-refractivity contribution in [3.05, 3.63) is 34.9 Å². The Morgan fingerprint density at radius 1 is 1.32 bits per heavy atom. The monoisotopic (exact) mass is 379 g/mol. The van der Waals surface area contributed by atoms with E-state index in [1.807, 2.05) is 6.07 Å². The third-order valence-corrected chi connectivity index (χ3v) is 7.12. The molecule has 1 saturated carbocycles. The van der Waals surface area contributed by atoms with Crippen molar-refractivity contribution < 1.29 is 19.4 Å². The highest BCUT2D eigenvalue weighted by molar-refractivity contribution is 6.64. The molecule has 1 unspecified atom stereocenters. The number of ether oxygens (including phenoxy) is 1. The molecule has 2 aliphatic rings. The Morgan fingerprint density at radius 3 is 2.76 bits per heavy atom. The molecule has 3 rings (SSSR count). The highest BCUT2D eigenvalue weighted by Crippen LogP contribution is 2.52. The molecule has 5 nitrogen and oxygen atoms in total. The fraction of sp³-hybridized carbons (Fsp3) is 0.556. The molecule has 25 heavy (non-hydrogen) atoms. The summed E-state index contributed by atoms with van der Waals surface area (Å²) in [5.41, 5.74) is 0.492. The second-order valence-corrected chi connectivity index (χ2v) is 9.11. The van der Waals surface area contributed by atoms with Crippen LogP contribution in [-0.2, 0) is 16.1 Å². The molecule has 134 valence electrons. The summed E-state index contributed by atoms with van der Waals surface area (Å²) >= 11 is 5.90. The normalized spacial score (nSPS) is 26.0. The summed E-state index contributed by atoms with van der Waals surface area (Å²) in [4.78, 5) is 23.8. The molecule has 2 fully saturated rings. The number of alkyl carbamates (subject to hydrolysis) is 1. The number of carbonyl (C=O) groups is 2. The van der Waals surface area contributed by atoms with Gasteiger partial charge in [-0.2, -0.15) is 0 Å². The summed E-state index contributed by atoms with van der Waals surface area (Å²) in [7, 11) is 0.220. The zero-order valence-electron chi connectivity index (χ0n) is 14.0. The second-order valence-electron chi connectivity index (χ2n) is 6.91. The highest BCUT2D eigenvalue weighted by Gasteiger charge is 2.62. The van der Waals surface area contributed by atoms with E-state index in [2.05, 4.69) is 5.32 Å². The van der Waals surface area contributed by atoms with E-state index in [0.717, 1.165) is 18.4 Å². The maximum atomic E-state index is 12.0. The summed E-state index contributed by atoms with van der Waals surface area (Å²) in [6.45, 7) is 0.116. The SMILES string of the molecule is O=C(NC1[Si][C@@]1(CC1CCCCC1)C(=O)O)OCc1cccc(Cl)c1. The summed E-state index contributed by atoms with van der Waals surface area (Å²) < 4.78 is 5.20. The predicted octanol–water partition coefficient (Wildman–Crippen LogP) is 3.82. The molecule has 1 heterocycles. The van der Waals surface area contributed by atoms with Crippen LogP contribution >= 0.6 is 11.6 Å². The van der Waals surface area contributed by atoms with E-state index >= 15 is 0 Å². The number of carboxylic acid groups (broad SMARTS) is 1. The van der Waals surface area contributed by atoms with Crippen LogP contribution in [0.3, 0.4) is 0 Å².